The average molecular weight is 506 g/mol. The second-order valence-electron chi connectivity index (χ2n) is 9.73. The Kier molecular flexibility index (Phi) is 6.07. The number of nitrogens with zero attached hydrogens (tertiary/aromatic N) is 4. The SMILES string of the molecule is C#Cc1cc2cnc(N[C@@H]3CCN(S(=O)(=O)C4COC4)C[C@H]3F)nc2n([C@@H]2CCC[C@@]2(C)O)c1=O. The molecule has 2 aromatic heterocycles. The Hall–Kier alpha value is -2.59. The summed E-state index contributed by atoms with van der Waals surface area (Å²) in [6.07, 6.45) is 7.70. The van der Waals surface area contributed by atoms with Gasteiger partial charge in [0.2, 0.25) is 16.0 Å². The molecule has 4 atom stereocenters. The zero-order valence-electron chi connectivity index (χ0n) is 19.4. The molecular weight excluding hydrogens is 477 g/mol. The van der Waals surface area contributed by atoms with E-state index in [0.717, 1.165) is 6.42 Å². The van der Waals surface area contributed by atoms with Gasteiger partial charge in [0.15, 0.2) is 0 Å². The summed E-state index contributed by atoms with van der Waals surface area (Å²) in [5.74, 6) is 2.52. The van der Waals surface area contributed by atoms with E-state index in [9.17, 15) is 18.3 Å². The molecule has 3 fully saturated rings. The van der Waals surface area contributed by atoms with Crippen LogP contribution in [-0.4, -0.2) is 81.7 Å². The number of halogens is 1. The van der Waals surface area contributed by atoms with Gasteiger partial charge in [-0.1, -0.05) is 5.92 Å². The summed E-state index contributed by atoms with van der Waals surface area (Å²) >= 11 is 0. The molecule has 3 aliphatic rings. The molecule has 2 N–H and O–H groups in total. The van der Waals surface area contributed by atoms with Crippen molar-refractivity contribution in [3.05, 3.63) is 28.2 Å². The second-order valence-corrected chi connectivity index (χ2v) is 11.9. The third kappa shape index (κ3) is 4.20. The molecule has 2 aromatic rings. The van der Waals surface area contributed by atoms with Crippen molar-refractivity contribution in [2.24, 2.45) is 0 Å². The Morgan fingerprint density at radius 1 is 1.37 bits per heavy atom. The number of anilines is 1. The first-order valence-electron chi connectivity index (χ1n) is 11.7. The minimum atomic E-state index is -3.59. The van der Waals surface area contributed by atoms with Crippen LogP contribution in [0.5, 0.6) is 0 Å². The molecule has 0 radical (unpaired) electrons. The number of fused-ring (bicyclic) bond motifs is 1. The Morgan fingerprint density at radius 2 is 2.14 bits per heavy atom. The monoisotopic (exact) mass is 505 g/mol. The molecule has 2 saturated heterocycles. The van der Waals surface area contributed by atoms with Crippen molar-refractivity contribution in [1.29, 1.82) is 0 Å². The van der Waals surface area contributed by atoms with Gasteiger partial charge in [-0.3, -0.25) is 9.36 Å². The lowest BCUT2D eigenvalue weighted by molar-refractivity contribution is 0.0266. The van der Waals surface area contributed by atoms with Crippen LogP contribution >= 0.6 is 0 Å². The van der Waals surface area contributed by atoms with Crippen molar-refractivity contribution < 1.29 is 22.7 Å². The minimum absolute atomic E-state index is 0.119. The fourth-order valence-corrected chi connectivity index (χ4v) is 6.82. The Morgan fingerprint density at radius 3 is 2.74 bits per heavy atom. The summed E-state index contributed by atoms with van der Waals surface area (Å²) in [6.45, 7) is 1.88. The molecule has 35 heavy (non-hydrogen) atoms. The highest BCUT2D eigenvalue weighted by Gasteiger charge is 2.42. The maximum Gasteiger partial charge on any atom is 0.268 e. The van der Waals surface area contributed by atoms with Gasteiger partial charge in [-0.05, 0) is 38.7 Å². The molecule has 4 heterocycles. The van der Waals surface area contributed by atoms with Crippen molar-refractivity contribution in [2.45, 2.75) is 61.7 Å². The van der Waals surface area contributed by atoms with Crippen LogP contribution in [-0.2, 0) is 14.8 Å². The van der Waals surface area contributed by atoms with Gasteiger partial charge in [0.1, 0.15) is 17.1 Å². The predicted molar refractivity (Wildman–Crippen MR) is 127 cm³/mol. The molecule has 5 rings (SSSR count). The average Bonchev–Trinajstić information content (AvgIpc) is 3.11. The lowest BCUT2D eigenvalue weighted by Gasteiger charge is -2.38. The van der Waals surface area contributed by atoms with Crippen molar-refractivity contribution >= 4 is 27.0 Å². The molecule has 1 aliphatic carbocycles. The summed E-state index contributed by atoms with van der Waals surface area (Å²) in [5, 5.41) is 13.8. The molecule has 1 saturated carbocycles. The maximum absolute atomic E-state index is 15.0. The molecule has 0 unspecified atom stereocenters. The summed E-state index contributed by atoms with van der Waals surface area (Å²) in [4.78, 5) is 21.9. The highest BCUT2D eigenvalue weighted by Crippen LogP contribution is 2.39. The van der Waals surface area contributed by atoms with Crippen LogP contribution in [0.15, 0.2) is 17.1 Å². The Bertz CT molecular complexity index is 1350. The molecule has 0 bridgehead atoms. The van der Waals surface area contributed by atoms with E-state index in [1.807, 2.05) is 0 Å². The fraction of sp³-hybridized carbons (Fsp3) is 0.609. The van der Waals surface area contributed by atoms with E-state index in [-0.39, 0.29) is 44.2 Å². The smallest absolute Gasteiger partial charge is 0.268 e. The van der Waals surface area contributed by atoms with E-state index in [4.69, 9.17) is 11.2 Å². The number of aliphatic hydroxyl groups is 1. The first kappa shape index (κ1) is 24.1. The fourth-order valence-electron chi connectivity index (χ4n) is 5.15. The van der Waals surface area contributed by atoms with E-state index in [1.54, 1.807) is 6.92 Å². The van der Waals surface area contributed by atoms with Gasteiger partial charge < -0.3 is 15.2 Å². The van der Waals surface area contributed by atoms with Gasteiger partial charge in [-0.2, -0.15) is 9.29 Å². The number of sulfonamides is 1. The topological polar surface area (TPSA) is 127 Å². The van der Waals surface area contributed by atoms with E-state index < -0.39 is 44.7 Å². The van der Waals surface area contributed by atoms with Gasteiger partial charge in [-0.25, -0.2) is 17.8 Å². The molecule has 10 nitrogen and oxygen atoms in total. The second kappa shape index (κ2) is 8.81. The molecule has 0 aromatic carbocycles. The normalized spacial score (nSPS) is 30.2. The highest BCUT2D eigenvalue weighted by molar-refractivity contribution is 7.89. The summed E-state index contributed by atoms with van der Waals surface area (Å²) < 4.78 is 47.8. The first-order chi connectivity index (χ1) is 16.6. The number of nitrogens with one attached hydrogen (secondary N) is 1. The number of rotatable bonds is 5. The van der Waals surface area contributed by atoms with E-state index >= 15 is 4.39 Å². The minimum Gasteiger partial charge on any atom is -0.388 e. The molecular formula is C23H28FN5O5S. The molecule has 0 spiro atoms. The van der Waals surface area contributed by atoms with Gasteiger partial charge >= 0.3 is 0 Å². The molecule has 2 aliphatic heterocycles. The lowest BCUT2D eigenvalue weighted by atomic mass is 9.99. The van der Waals surface area contributed by atoms with Crippen LogP contribution in [0, 0.1) is 12.3 Å². The maximum atomic E-state index is 15.0. The van der Waals surface area contributed by atoms with Crippen LogP contribution < -0.4 is 10.9 Å². The van der Waals surface area contributed by atoms with Crippen LogP contribution in [0.3, 0.4) is 0 Å². The van der Waals surface area contributed by atoms with E-state index in [1.165, 1.54) is 21.1 Å². The van der Waals surface area contributed by atoms with Gasteiger partial charge in [0.05, 0.1) is 36.5 Å². The molecule has 0 amide bonds. The van der Waals surface area contributed by atoms with Gasteiger partial charge in [0.25, 0.3) is 5.56 Å². The predicted octanol–water partition coefficient (Wildman–Crippen LogP) is 0.802. The number of ether oxygens (including phenoxy) is 1. The summed E-state index contributed by atoms with van der Waals surface area (Å²) in [7, 11) is -3.59. The van der Waals surface area contributed by atoms with E-state index in [2.05, 4.69) is 21.2 Å². The van der Waals surface area contributed by atoms with Crippen LogP contribution in [0.1, 0.15) is 44.2 Å². The molecule has 12 heteroatoms. The number of hydrogen-bond acceptors (Lipinski definition) is 8. The number of pyridine rings is 1. The third-order valence-corrected chi connectivity index (χ3v) is 9.49. The van der Waals surface area contributed by atoms with Crippen LogP contribution in [0.25, 0.3) is 11.0 Å². The largest absolute Gasteiger partial charge is 0.388 e. The number of hydrogen-bond donors (Lipinski definition) is 2. The standard InChI is InChI=1S/C23H28FN5O5S/c1-3-14-9-15-10-25-22(27-20(15)29(21(14)30)19-5-4-7-23(19,2)31)26-18-6-8-28(11-17(18)24)35(32,33)16-12-34-13-16/h1,9-10,16-19,31H,4-8,11-13H2,2H3,(H,25,26,27)/t17-,18-,19-,23-/m1/s1. The van der Waals surface area contributed by atoms with Crippen LogP contribution in [0.2, 0.25) is 0 Å². The lowest BCUT2D eigenvalue weighted by Crippen LogP contribution is -2.55. The third-order valence-electron chi connectivity index (χ3n) is 7.33. The first-order valence-corrected chi connectivity index (χ1v) is 13.2. The number of aromatic nitrogens is 3. The number of piperidine rings is 1. The number of alkyl halides is 1. The number of terminal acetylenes is 1. The summed E-state index contributed by atoms with van der Waals surface area (Å²) in [5.41, 5.74) is -1.06. The zero-order valence-corrected chi connectivity index (χ0v) is 20.2. The van der Waals surface area contributed by atoms with Crippen molar-refractivity contribution in [1.82, 2.24) is 18.8 Å². The van der Waals surface area contributed by atoms with E-state index in [0.29, 0.717) is 23.9 Å². The Labute approximate surface area is 202 Å². The summed E-state index contributed by atoms with van der Waals surface area (Å²) in [6, 6.07) is 0.329. The van der Waals surface area contributed by atoms with Crippen molar-refractivity contribution in [2.75, 3.05) is 31.6 Å². The zero-order chi connectivity index (χ0) is 25.0. The highest BCUT2D eigenvalue weighted by atomic mass is 32.2. The quantitative estimate of drug-likeness (QED) is 0.572. The Balaban J connectivity index is 1.43. The van der Waals surface area contributed by atoms with Gasteiger partial charge in [-0.15, -0.1) is 6.42 Å². The van der Waals surface area contributed by atoms with Gasteiger partial charge in [0, 0.05) is 24.7 Å². The van der Waals surface area contributed by atoms with Crippen molar-refractivity contribution in [3.8, 4) is 12.3 Å². The van der Waals surface area contributed by atoms with Crippen molar-refractivity contribution in [3.63, 3.8) is 0 Å². The van der Waals surface area contributed by atoms with Crippen LogP contribution in [0.4, 0.5) is 10.3 Å². The molecule has 188 valence electrons.